The summed E-state index contributed by atoms with van der Waals surface area (Å²) >= 11 is 0. The molecular weight excluding hydrogens is 256 g/mol. The third-order valence-corrected chi connectivity index (χ3v) is 3.29. The zero-order chi connectivity index (χ0) is 14.7. The molecular formula is C15H20N2O3. The largest absolute Gasteiger partial charge is 0.399 e. The topological polar surface area (TPSA) is 72.6 Å². The van der Waals surface area contributed by atoms with E-state index in [0.717, 1.165) is 6.42 Å². The van der Waals surface area contributed by atoms with E-state index in [2.05, 4.69) is 13.8 Å². The maximum absolute atomic E-state index is 12.1. The molecule has 2 rings (SSSR count). The Balaban J connectivity index is 1.92. The van der Waals surface area contributed by atoms with E-state index in [4.69, 9.17) is 10.5 Å². The monoisotopic (exact) mass is 276 g/mol. The minimum atomic E-state index is -0.287. The Kier molecular flexibility index (Phi) is 4.39. The molecule has 0 aromatic heterocycles. The van der Waals surface area contributed by atoms with E-state index in [0.29, 0.717) is 35.9 Å². The van der Waals surface area contributed by atoms with Crippen LogP contribution in [0.1, 0.15) is 41.0 Å². The summed E-state index contributed by atoms with van der Waals surface area (Å²) in [6.45, 7) is 5.54. The highest BCUT2D eigenvalue weighted by molar-refractivity contribution is 6.21. The molecule has 1 aliphatic rings. The Morgan fingerprint density at radius 3 is 2.55 bits per heavy atom. The van der Waals surface area contributed by atoms with Gasteiger partial charge in [-0.15, -0.1) is 0 Å². The summed E-state index contributed by atoms with van der Waals surface area (Å²) < 4.78 is 5.45. The molecule has 0 aliphatic carbocycles. The second kappa shape index (κ2) is 6.05. The van der Waals surface area contributed by atoms with Crippen molar-refractivity contribution >= 4 is 17.5 Å². The molecule has 5 heteroatoms. The molecule has 0 saturated heterocycles. The number of nitrogen functional groups attached to an aromatic ring is 1. The standard InChI is InChI=1S/C15H20N2O3/c1-10(2)5-7-20-8-6-17-14(18)12-4-3-11(16)9-13(12)15(17)19/h3-4,9-10H,5-8,16H2,1-2H3. The lowest BCUT2D eigenvalue weighted by Crippen LogP contribution is -2.33. The average Bonchev–Trinajstić information content (AvgIpc) is 2.62. The summed E-state index contributed by atoms with van der Waals surface area (Å²) in [4.78, 5) is 25.4. The molecule has 5 nitrogen and oxygen atoms in total. The summed E-state index contributed by atoms with van der Waals surface area (Å²) in [6, 6.07) is 4.78. The lowest BCUT2D eigenvalue weighted by atomic mass is 10.1. The van der Waals surface area contributed by atoms with E-state index < -0.39 is 0 Å². The van der Waals surface area contributed by atoms with Crippen molar-refractivity contribution in [3.05, 3.63) is 29.3 Å². The van der Waals surface area contributed by atoms with Crippen LogP contribution in [0.15, 0.2) is 18.2 Å². The zero-order valence-corrected chi connectivity index (χ0v) is 11.9. The summed E-state index contributed by atoms with van der Waals surface area (Å²) in [5.41, 5.74) is 6.94. The van der Waals surface area contributed by atoms with Crippen LogP contribution in [0.2, 0.25) is 0 Å². The fourth-order valence-electron chi connectivity index (χ4n) is 2.09. The molecule has 0 bridgehead atoms. The van der Waals surface area contributed by atoms with Gasteiger partial charge in [-0.25, -0.2) is 0 Å². The minimum absolute atomic E-state index is 0.266. The normalized spacial score (nSPS) is 14.2. The molecule has 20 heavy (non-hydrogen) atoms. The zero-order valence-electron chi connectivity index (χ0n) is 11.9. The first-order chi connectivity index (χ1) is 9.50. The Hall–Kier alpha value is -1.88. The maximum Gasteiger partial charge on any atom is 0.261 e. The van der Waals surface area contributed by atoms with Gasteiger partial charge in [0.05, 0.1) is 24.3 Å². The summed E-state index contributed by atoms with van der Waals surface area (Å²) in [5, 5.41) is 0. The van der Waals surface area contributed by atoms with Gasteiger partial charge < -0.3 is 10.5 Å². The fraction of sp³-hybridized carbons (Fsp3) is 0.467. The summed E-state index contributed by atoms with van der Waals surface area (Å²) in [7, 11) is 0. The van der Waals surface area contributed by atoms with Gasteiger partial charge in [0.2, 0.25) is 0 Å². The SMILES string of the molecule is CC(C)CCOCCN1C(=O)c2ccc(N)cc2C1=O. The first-order valence-corrected chi connectivity index (χ1v) is 6.84. The predicted octanol–water partition coefficient (Wildman–Crippen LogP) is 1.93. The number of hydrogen-bond donors (Lipinski definition) is 1. The summed E-state index contributed by atoms with van der Waals surface area (Å²) in [6.07, 6.45) is 0.971. The molecule has 2 amide bonds. The van der Waals surface area contributed by atoms with Gasteiger partial charge in [-0.3, -0.25) is 14.5 Å². The molecule has 0 spiro atoms. The molecule has 0 unspecified atom stereocenters. The molecule has 0 fully saturated rings. The van der Waals surface area contributed by atoms with Crippen molar-refractivity contribution in [1.82, 2.24) is 4.90 Å². The molecule has 1 aromatic carbocycles. The van der Waals surface area contributed by atoms with Crippen LogP contribution in [0, 0.1) is 5.92 Å². The molecule has 0 atom stereocenters. The number of carbonyl (C=O) groups is 2. The van der Waals surface area contributed by atoms with Gasteiger partial charge in [0.15, 0.2) is 0 Å². The van der Waals surface area contributed by atoms with Crippen LogP contribution in [0.25, 0.3) is 0 Å². The first kappa shape index (κ1) is 14.5. The lowest BCUT2D eigenvalue weighted by molar-refractivity contribution is 0.0553. The molecule has 1 aliphatic heterocycles. The number of nitrogens with zero attached hydrogens (tertiary/aromatic N) is 1. The third kappa shape index (κ3) is 2.99. The molecule has 0 saturated carbocycles. The Morgan fingerprint density at radius 2 is 1.85 bits per heavy atom. The van der Waals surface area contributed by atoms with Crippen molar-refractivity contribution in [2.24, 2.45) is 5.92 Å². The van der Waals surface area contributed by atoms with Crippen molar-refractivity contribution in [3.8, 4) is 0 Å². The third-order valence-electron chi connectivity index (χ3n) is 3.29. The number of imide groups is 1. The van der Waals surface area contributed by atoms with Gasteiger partial charge in [0.25, 0.3) is 11.8 Å². The van der Waals surface area contributed by atoms with Gasteiger partial charge in [0.1, 0.15) is 0 Å². The predicted molar refractivity (Wildman–Crippen MR) is 76.5 cm³/mol. The fourth-order valence-corrected chi connectivity index (χ4v) is 2.09. The number of benzene rings is 1. The van der Waals surface area contributed by atoms with Gasteiger partial charge in [0, 0.05) is 12.3 Å². The van der Waals surface area contributed by atoms with Crippen LogP contribution in [0.5, 0.6) is 0 Å². The number of amides is 2. The number of ether oxygens (including phenoxy) is 1. The van der Waals surface area contributed by atoms with Gasteiger partial charge >= 0.3 is 0 Å². The average molecular weight is 276 g/mol. The van der Waals surface area contributed by atoms with E-state index in [1.165, 1.54) is 4.90 Å². The van der Waals surface area contributed by atoms with Crippen molar-refractivity contribution in [2.75, 3.05) is 25.5 Å². The molecule has 0 radical (unpaired) electrons. The van der Waals surface area contributed by atoms with Crippen LogP contribution in [-0.2, 0) is 4.74 Å². The number of rotatable bonds is 6. The van der Waals surface area contributed by atoms with Crippen LogP contribution in [0.4, 0.5) is 5.69 Å². The highest BCUT2D eigenvalue weighted by atomic mass is 16.5. The van der Waals surface area contributed by atoms with Crippen molar-refractivity contribution in [1.29, 1.82) is 0 Å². The number of anilines is 1. The van der Waals surface area contributed by atoms with E-state index in [-0.39, 0.29) is 18.4 Å². The lowest BCUT2D eigenvalue weighted by Gasteiger charge is -2.14. The highest BCUT2D eigenvalue weighted by Crippen LogP contribution is 2.24. The number of nitrogens with two attached hydrogens (primary N) is 1. The Morgan fingerprint density at radius 1 is 1.15 bits per heavy atom. The van der Waals surface area contributed by atoms with Crippen LogP contribution in [0.3, 0.4) is 0 Å². The van der Waals surface area contributed by atoms with E-state index in [9.17, 15) is 9.59 Å². The number of hydrogen-bond acceptors (Lipinski definition) is 4. The quantitative estimate of drug-likeness (QED) is 0.489. The molecule has 2 N–H and O–H groups in total. The van der Waals surface area contributed by atoms with Crippen LogP contribution in [-0.4, -0.2) is 36.5 Å². The first-order valence-electron chi connectivity index (χ1n) is 6.84. The van der Waals surface area contributed by atoms with Gasteiger partial charge in [-0.2, -0.15) is 0 Å². The second-order valence-electron chi connectivity index (χ2n) is 5.36. The van der Waals surface area contributed by atoms with Crippen LogP contribution >= 0.6 is 0 Å². The minimum Gasteiger partial charge on any atom is -0.399 e. The van der Waals surface area contributed by atoms with Crippen molar-refractivity contribution in [2.45, 2.75) is 20.3 Å². The molecule has 1 aromatic rings. The Labute approximate surface area is 118 Å². The molecule has 1 heterocycles. The number of fused-ring (bicyclic) bond motifs is 1. The highest BCUT2D eigenvalue weighted by Gasteiger charge is 2.35. The second-order valence-corrected chi connectivity index (χ2v) is 5.36. The van der Waals surface area contributed by atoms with Crippen molar-refractivity contribution < 1.29 is 14.3 Å². The maximum atomic E-state index is 12.1. The van der Waals surface area contributed by atoms with Gasteiger partial charge in [-0.05, 0) is 30.5 Å². The van der Waals surface area contributed by atoms with E-state index in [1.54, 1.807) is 18.2 Å². The molecule has 108 valence electrons. The van der Waals surface area contributed by atoms with Crippen LogP contribution < -0.4 is 5.73 Å². The van der Waals surface area contributed by atoms with Crippen molar-refractivity contribution in [3.63, 3.8) is 0 Å². The van der Waals surface area contributed by atoms with E-state index in [1.807, 2.05) is 0 Å². The van der Waals surface area contributed by atoms with Gasteiger partial charge in [-0.1, -0.05) is 13.8 Å². The summed E-state index contributed by atoms with van der Waals surface area (Å²) in [5.74, 6) is 0.0273. The number of carbonyl (C=O) groups excluding carboxylic acids is 2. The van der Waals surface area contributed by atoms with E-state index >= 15 is 0 Å². The Bertz CT molecular complexity index is 526. The smallest absolute Gasteiger partial charge is 0.261 e.